The molecule has 0 saturated carbocycles. The topological polar surface area (TPSA) is 63.7 Å². The lowest BCUT2D eigenvalue weighted by atomic mass is 10.5. The molecule has 0 aromatic carbocycles. The third-order valence-corrected chi connectivity index (χ3v) is 2.38. The molecule has 0 aliphatic heterocycles. The van der Waals surface area contributed by atoms with Gasteiger partial charge in [0.15, 0.2) is 5.78 Å². The zero-order valence-corrected chi connectivity index (χ0v) is 9.63. The van der Waals surface area contributed by atoms with Gasteiger partial charge in [-0.3, -0.25) is 9.69 Å². The summed E-state index contributed by atoms with van der Waals surface area (Å²) in [5.74, 6) is 0.0638. The summed E-state index contributed by atoms with van der Waals surface area (Å²) in [6, 6.07) is 0. The molecule has 0 saturated heterocycles. The number of sulfone groups is 1. The van der Waals surface area contributed by atoms with Crippen LogP contribution in [-0.4, -0.2) is 58.0 Å². The Morgan fingerprint density at radius 3 is 2.43 bits per heavy atom. The van der Waals surface area contributed by atoms with Crippen molar-refractivity contribution in [2.24, 2.45) is 0 Å². The Balaban J connectivity index is 3.56. The van der Waals surface area contributed by atoms with Crippen molar-refractivity contribution in [1.29, 1.82) is 0 Å². The molecule has 5 nitrogen and oxygen atoms in total. The Bertz CT molecular complexity index is 273. The van der Waals surface area contributed by atoms with E-state index >= 15 is 0 Å². The van der Waals surface area contributed by atoms with Gasteiger partial charge in [-0.05, 0) is 14.0 Å². The van der Waals surface area contributed by atoms with Gasteiger partial charge in [0.2, 0.25) is 0 Å². The monoisotopic (exact) mass is 223 g/mol. The molecule has 0 aliphatic carbocycles. The van der Waals surface area contributed by atoms with Gasteiger partial charge in [-0.2, -0.15) is 0 Å². The highest BCUT2D eigenvalue weighted by molar-refractivity contribution is 7.90. The normalized spacial score (nSPS) is 12.0. The Labute approximate surface area is 85.0 Å². The maximum atomic E-state index is 10.8. The van der Waals surface area contributed by atoms with Crippen LogP contribution in [0, 0.1) is 0 Å². The number of nitrogens with zero attached hydrogens (tertiary/aromatic N) is 1. The minimum Gasteiger partial charge on any atom is -0.358 e. The molecule has 0 aromatic heterocycles. The average Bonchev–Trinajstić information content (AvgIpc) is 1.99. The standard InChI is InChI=1S/C8H17NO4S/c1-8(10)6-13-7-9(2)4-5-14(3,11)12/h4-7H2,1-3H3. The molecular weight excluding hydrogens is 206 g/mol. The third-order valence-electron chi connectivity index (χ3n) is 1.46. The number of rotatable bonds is 7. The van der Waals surface area contributed by atoms with Gasteiger partial charge < -0.3 is 4.74 Å². The first-order chi connectivity index (χ1) is 6.31. The van der Waals surface area contributed by atoms with Crippen LogP contribution < -0.4 is 0 Å². The molecule has 0 unspecified atom stereocenters. The van der Waals surface area contributed by atoms with Crippen LogP contribution in [0.1, 0.15) is 6.92 Å². The van der Waals surface area contributed by atoms with Gasteiger partial charge in [-0.15, -0.1) is 0 Å². The smallest absolute Gasteiger partial charge is 0.155 e. The van der Waals surface area contributed by atoms with Gasteiger partial charge in [0.1, 0.15) is 16.4 Å². The van der Waals surface area contributed by atoms with Gasteiger partial charge in [0.05, 0.1) is 12.5 Å². The number of ether oxygens (including phenoxy) is 1. The number of hydrogen-bond donors (Lipinski definition) is 0. The van der Waals surface area contributed by atoms with E-state index in [0.29, 0.717) is 6.54 Å². The molecule has 0 fully saturated rings. The van der Waals surface area contributed by atoms with Crippen LogP contribution in [-0.2, 0) is 19.4 Å². The molecule has 84 valence electrons. The molecule has 0 aromatic rings. The lowest BCUT2D eigenvalue weighted by molar-refractivity contribution is -0.122. The van der Waals surface area contributed by atoms with Crippen LogP contribution in [0.3, 0.4) is 0 Å². The number of Topliss-reactive ketones (excluding diaryl/α,β-unsaturated/α-hetero) is 1. The van der Waals surface area contributed by atoms with Crippen molar-refractivity contribution in [2.45, 2.75) is 6.92 Å². The molecule has 0 bridgehead atoms. The predicted molar refractivity (Wildman–Crippen MR) is 53.8 cm³/mol. The van der Waals surface area contributed by atoms with Crippen molar-refractivity contribution in [3.8, 4) is 0 Å². The van der Waals surface area contributed by atoms with Crippen LogP contribution in [0.4, 0.5) is 0 Å². The van der Waals surface area contributed by atoms with E-state index in [-0.39, 0.29) is 24.9 Å². The van der Waals surface area contributed by atoms with Gasteiger partial charge in [-0.1, -0.05) is 0 Å². The number of carbonyl (C=O) groups excluding carboxylic acids is 1. The Morgan fingerprint density at radius 2 is 2.00 bits per heavy atom. The van der Waals surface area contributed by atoms with Gasteiger partial charge in [0, 0.05) is 12.8 Å². The van der Waals surface area contributed by atoms with Crippen LogP contribution in [0.15, 0.2) is 0 Å². The van der Waals surface area contributed by atoms with Crippen molar-refractivity contribution < 1.29 is 17.9 Å². The van der Waals surface area contributed by atoms with Crippen LogP contribution in [0.2, 0.25) is 0 Å². The van der Waals surface area contributed by atoms with E-state index in [1.54, 1.807) is 11.9 Å². The van der Waals surface area contributed by atoms with Crippen molar-refractivity contribution >= 4 is 15.6 Å². The maximum Gasteiger partial charge on any atom is 0.155 e. The lowest BCUT2D eigenvalue weighted by Crippen LogP contribution is -2.28. The Kier molecular flexibility index (Phi) is 5.90. The summed E-state index contributed by atoms with van der Waals surface area (Å²) >= 11 is 0. The molecule has 0 heterocycles. The van der Waals surface area contributed by atoms with Crippen molar-refractivity contribution in [1.82, 2.24) is 4.90 Å². The minimum absolute atomic E-state index is 0.0403. The lowest BCUT2D eigenvalue weighted by Gasteiger charge is -2.15. The molecule has 0 aliphatic rings. The molecule has 0 amide bonds. The predicted octanol–water partition coefficient (Wildman–Crippen LogP) is -0.474. The second-order valence-corrected chi connectivity index (χ2v) is 5.65. The Hall–Kier alpha value is -0.460. The molecule has 14 heavy (non-hydrogen) atoms. The first kappa shape index (κ1) is 13.5. The second-order valence-electron chi connectivity index (χ2n) is 3.39. The molecule has 0 spiro atoms. The summed E-state index contributed by atoms with van der Waals surface area (Å²) in [6.45, 7) is 2.20. The molecule has 6 heteroatoms. The maximum absolute atomic E-state index is 10.8. The quantitative estimate of drug-likeness (QED) is 0.546. The zero-order chi connectivity index (χ0) is 11.2. The van der Waals surface area contributed by atoms with E-state index in [4.69, 9.17) is 4.74 Å². The fraction of sp³-hybridized carbons (Fsp3) is 0.875. The Morgan fingerprint density at radius 1 is 1.43 bits per heavy atom. The van der Waals surface area contributed by atoms with Gasteiger partial charge in [-0.25, -0.2) is 8.42 Å². The summed E-state index contributed by atoms with van der Waals surface area (Å²) in [7, 11) is -1.18. The summed E-state index contributed by atoms with van der Waals surface area (Å²) in [6.07, 6.45) is 1.19. The highest BCUT2D eigenvalue weighted by Gasteiger charge is 2.05. The molecule has 0 rings (SSSR count). The summed E-state index contributed by atoms with van der Waals surface area (Å²) in [5.41, 5.74) is 0. The first-order valence-corrected chi connectivity index (χ1v) is 6.31. The highest BCUT2D eigenvalue weighted by atomic mass is 32.2. The fourth-order valence-corrected chi connectivity index (χ4v) is 1.37. The number of carbonyl (C=O) groups is 1. The van der Waals surface area contributed by atoms with Gasteiger partial charge in [0.25, 0.3) is 0 Å². The van der Waals surface area contributed by atoms with Crippen LogP contribution >= 0.6 is 0 Å². The average molecular weight is 223 g/mol. The summed E-state index contributed by atoms with van der Waals surface area (Å²) in [4.78, 5) is 12.2. The first-order valence-electron chi connectivity index (χ1n) is 4.24. The molecule has 0 N–H and O–H groups in total. The van der Waals surface area contributed by atoms with E-state index in [1.165, 1.54) is 13.2 Å². The van der Waals surface area contributed by atoms with E-state index < -0.39 is 9.84 Å². The third kappa shape index (κ3) is 9.63. The van der Waals surface area contributed by atoms with E-state index in [9.17, 15) is 13.2 Å². The zero-order valence-electron chi connectivity index (χ0n) is 8.82. The SMILES string of the molecule is CC(=O)COCN(C)CCS(C)(=O)=O. The van der Waals surface area contributed by atoms with E-state index in [2.05, 4.69) is 0 Å². The van der Waals surface area contributed by atoms with E-state index in [1.807, 2.05) is 0 Å². The largest absolute Gasteiger partial charge is 0.358 e. The number of ketones is 1. The number of hydrogen-bond acceptors (Lipinski definition) is 5. The summed E-state index contributed by atoms with van der Waals surface area (Å²) < 4.78 is 26.6. The fourth-order valence-electron chi connectivity index (χ4n) is 0.731. The molecule has 0 radical (unpaired) electrons. The molecule has 0 atom stereocenters. The van der Waals surface area contributed by atoms with Crippen molar-refractivity contribution in [3.05, 3.63) is 0 Å². The van der Waals surface area contributed by atoms with Crippen molar-refractivity contribution in [3.63, 3.8) is 0 Å². The molecular formula is C8H17NO4S. The van der Waals surface area contributed by atoms with Crippen molar-refractivity contribution in [2.75, 3.05) is 38.9 Å². The highest BCUT2D eigenvalue weighted by Crippen LogP contribution is 1.88. The van der Waals surface area contributed by atoms with Crippen LogP contribution in [0.25, 0.3) is 0 Å². The minimum atomic E-state index is -2.92. The second kappa shape index (κ2) is 6.10. The van der Waals surface area contributed by atoms with Gasteiger partial charge >= 0.3 is 0 Å². The van der Waals surface area contributed by atoms with Crippen LogP contribution in [0.5, 0.6) is 0 Å². The summed E-state index contributed by atoms with van der Waals surface area (Å²) in [5, 5.41) is 0. The van der Waals surface area contributed by atoms with E-state index in [0.717, 1.165) is 0 Å².